The topological polar surface area (TPSA) is 0 Å². The molecule has 1 aliphatic rings. The maximum atomic E-state index is 15.0. The van der Waals surface area contributed by atoms with Crippen LogP contribution in [0.2, 0.25) is 0 Å². The Morgan fingerprint density at radius 1 is 0.769 bits per heavy atom. The molecule has 0 bridgehead atoms. The van der Waals surface area contributed by atoms with Gasteiger partial charge in [0, 0.05) is 5.56 Å². The third kappa shape index (κ3) is 2.90. The molecule has 1 aliphatic carbocycles. The zero-order valence-electron chi connectivity index (χ0n) is 14.7. The van der Waals surface area contributed by atoms with Crippen LogP contribution in [0.3, 0.4) is 0 Å². The molecule has 1 fully saturated rings. The lowest BCUT2D eigenvalue weighted by Gasteiger charge is -2.27. The van der Waals surface area contributed by atoms with Gasteiger partial charge in [-0.15, -0.1) is 0 Å². The fourth-order valence-electron chi connectivity index (χ4n) is 4.11. The molecule has 4 rings (SSSR count). The Morgan fingerprint density at radius 2 is 1.46 bits per heavy atom. The third-order valence-electron chi connectivity index (χ3n) is 5.69. The summed E-state index contributed by atoms with van der Waals surface area (Å²) in [5.74, 6) is -2.01. The van der Waals surface area contributed by atoms with Crippen molar-refractivity contribution in [1.29, 1.82) is 0 Å². The van der Waals surface area contributed by atoms with Crippen molar-refractivity contribution in [2.45, 2.75) is 38.5 Å². The molecule has 0 nitrogen and oxygen atoms in total. The van der Waals surface area contributed by atoms with E-state index in [1.807, 2.05) is 6.07 Å². The summed E-state index contributed by atoms with van der Waals surface area (Å²) in [7, 11) is 0. The number of hydrogen-bond acceptors (Lipinski definition) is 0. The van der Waals surface area contributed by atoms with Gasteiger partial charge in [-0.05, 0) is 47.3 Å². The number of benzene rings is 3. The summed E-state index contributed by atoms with van der Waals surface area (Å²) in [4.78, 5) is 0. The lowest BCUT2D eigenvalue weighted by Crippen LogP contribution is -2.13. The van der Waals surface area contributed by atoms with E-state index in [0.717, 1.165) is 25.7 Å². The molecule has 0 unspecified atom stereocenters. The first-order chi connectivity index (χ1) is 12.6. The predicted octanol–water partition coefficient (Wildman–Crippen LogP) is 7.22. The Bertz CT molecular complexity index is 939. The Morgan fingerprint density at radius 3 is 2.15 bits per heavy atom. The second kappa shape index (κ2) is 6.79. The molecule has 0 atom stereocenters. The lowest BCUT2D eigenvalue weighted by molar-refractivity contribution is 0.339. The Labute approximate surface area is 151 Å². The van der Waals surface area contributed by atoms with Crippen molar-refractivity contribution in [2.75, 3.05) is 0 Å². The molecule has 0 aliphatic heterocycles. The van der Waals surface area contributed by atoms with Gasteiger partial charge in [0.2, 0.25) is 0 Å². The maximum Gasteiger partial charge on any atom is 0.169 e. The molecule has 0 spiro atoms. The number of hydrogen-bond donors (Lipinski definition) is 0. The molecule has 3 aromatic rings. The van der Waals surface area contributed by atoms with Gasteiger partial charge in [-0.2, -0.15) is 0 Å². The fraction of sp³-hybridized carbons (Fsp3) is 0.304. The van der Waals surface area contributed by atoms with Gasteiger partial charge in [0.05, 0.1) is 5.39 Å². The van der Waals surface area contributed by atoms with E-state index in [0.29, 0.717) is 22.4 Å². The molecule has 0 heterocycles. The van der Waals surface area contributed by atoms with Gasteiger partial charge in [-0.3, -0.25) is 0 Å². The highest BCUT2D eigenvalue weighted by molar-refractivity contribution is 5.89. The van der Waals surface area contributed by atoms with E-state index in [4.69, 9.17) is 0 Å². The van der Waals surface area contributed by atoms with E-state index in [-0.39, 0.29) is 16.9 Å². The molecule has 1 saturated carbocycles. The molecular weight excluding hydrogens is 333 g/mol. The minimum atomic E-state index is -1.06. The van der Waals surface area contributed by atoms with Crippen LogP contribution in [-0.4, -0.2) is 0 Å². The van der Waals surface area contributed by atoms with Crippen molar-refractivity contribution < 1.29 is 13.2 Å². The monoisotopic (exact) mass is 354 g/mol. The van der Waals surface area contributed by atoms with Crippen LogP contribution in [0.25, 0.3) is 21.9 Å². The van der Waals surface area contributed by atoms with Crippen molar-refractivity contribution in [3.05, 3.63) is 71.5 Å². The van der Waals surface area contributed by atoms with Crippen LogP contribution in [0.15, 0.2) is 48.5 Å². The summed E-state index contributed by atoms with van der Waals surface area (Å²) in [6, 6.07) is 13.9. The standard InChI is InChI=1S/C23H21F3/c1-14-7-9-16(10-8-14)19-13-17-11-12-18(15-5-3-2-4-6-15)21(24)20(17)23(26)22(19)25/h2-6,11-14,16H,7-10H2,1H3. The molecule has 134 valence electrons. The first-order valence-electron chi connectivity index (χ1n) is 9.21. The van der Waals surface area contributed by atoms with Crippen LogP contribution < -0.4 is 0 Å². The fourth-order valence-corrected chi connectivity index (χ4v) is 4.11. The molecule has 0 N–H and O–H groups in total. The minimum absolute atomic E-state index is 0.0157. The van der Waals surface area contributed by atoms with E-state index < -0.39 is 17.5 Å². The van der Waals surface area contributed by atoms with E-state index in [2.05, 4.69) is 6.92 Å². The number of fused-ring (bicyclic) bond motifs is 1. The van der Waals surface area contributed by atoms with Crippen LogP contribution in [0, 0.1) is 23.4 Å². The van der Waals surface area contributed by atoms with Crippen LogP contribution in [0.1, 0.15) is 44.1 Å². The second-order valence-electron chi connectivity index (χ2n) is 7.44. The molecule has 0 amide bonds. The average molecular weight is 354 g/mol. The summed E-state index contributed by atoms with van der Waals surface area (Å²) in [6.45, 7) is 2.19. The second-order valence-corrected chi connectivity index (χ2v) is 7.44. The van der Waals surface area contributed by atoms with Crippen molar-refractivity contribution in [3.8, 4) is 11.1 Å². The first kappa shape index (κ1) is 17.1. The highest BCUT2D eigenvalue weighted by Crippen LogP contribution is 2.40. The largest absolute Gasteiger partial charge is 0.206 e. The van der Waals surface area contributed by atoms with Crippen molar-refractivity contribution in [1.82, 2.24) is 0 Å². The van der Waals surface area contributed by atoms with E-state index >= 15 is 4.39 Å². The molecule has 0 saturated heterocycles. The predicted molar refractivity (Wildman–Crippen MR) is 99.6 cm³/mol. The molecule has 0 aromatic heterocycles. The average Bonchev–Trinajstić information content (AvgIpc) is 2.66. The zero-order valence-corrected chi connectivity index (χ0v) is 14.7. The quantitative estimate of drug-likeness (QED) is 0.456. The molecule has 3 aromatic carbocycles. The van der Waals surface area contributed by atoms with Crippen LogP contribution >= 0.6 is 0 Å². The van der Waals surface area contributed by atoms with Gasteiger partial charge in [0.1, 0.15) is 5.82 Å². The summed E-state index contributed by atoms with van der Waals surface area (Å²) in [6.07, 6.45) is 3.75. The first-order valence-corrected chi connectivity index (χ1v) is 9.21. The van der Waals surface area contributed by atoms with Crippen molar-refractivity contribution in [2.24, 2.45) is 5.92 Å². The van der Waals surface area contributed by atoms with Crippen molar-refractivity contribution >= 4 is 10.8 Å². The Hall–Kier alpha value is -2.29. The number of rotatable bonds is 2. The molecule has 26 heavy (non-hydrogen) atoms. The summed E-state index contributed by atoms with van der Waals surface area (Å²) >= 11 is 0. The van der Waals surface area contributed by atoms with Gasteiger partial charge in [-0.25, -0.2) is 13.2 Å². The van der Waals surface area contributed by atoms with Crippen molar-refractivity contribution in [3.63, 3.8) is 0 Å². The summed E-state index contributed by atoms with van der Waals surface area (Å²) < 4.78 is 44.6. The third-order valence-corrected chi connectivity index (χ3v) is 5.69. The van der Waals surface area contributed by atoms with Gasteiger partial charge < -0.3 is 0 Å². The highest BCUT2D eigenvalue weighted by atomic mass is 19.2. The zero-order chi connectivity index (χ0) is 18.3. The maximum absolute atomic E-state index is 15.0. The Kier molecular flexibility index (Phi) is 4.47. The van der Waals surface area contributed by atoms with E-state index in [9.17, 15) is 8.78 Å². The SMILES string of the molecule is CC1CCC(c2cc3ccc(-c4ccccc4)c(F)c3c(F)c2F)CC1. The molecular formula is C23H21F3. The van der Waals surface area contributed by atoms with Crippen LogP contribution in [0.4, 0.5) is 13.2 Å². The smallest absolute Gasteiger partial charge is 0.169 e. The minimum Gasteiger partial charge on any atom is -0.206 e. The van der Waals surface area contributed by atoms with Gasteiger partial charge in [0.25, 0.3) is 0 Å². The van der Waals surface area contributed by atoms with Crippen LogP contribution in [0.5, 0.6) is 0 Å². The molecule has 0 radical (unpaired) electrons. The highest BCUT2D eigenvalue weighted by Gasteiger charge is 2.26. The van der Waals surface area contributed by atoms with E-state index in [1.165, 1.54) is 0 Å². The van der Waals surface area contributed by atoms with Crippen LogP contribution in [-0.2, 0) is 0 Å². The summed E-state index contributed by atoms with van der Waals surface area (Å²) in [5.41, 5.74) is 1.33. The normalized spacial score (nSPS) is 20.5. The van der Waals surface area contributed by atoms with Gasteiger partial charge in [-0.1, -0.05) is 62.2 Å². The molecule has 3 heteroatoms. The number of halogens is 3. The van der Waals surface area contributed by atoms with Gasteiger partial charge in [0.15, 0.2) is 11.6 Å². The lowest BCUT2D eigenvalue weighted by atomic mass is 9.78. The summed E-state index contributed by atoms with van der Waals surface area (Å²) in [5, 5.41) is 0.173. The van der Waals surface area contributed by atoms with E-state index in [1.54, 1.807) is 42.5 Å². The Balaban J connectivity index is 1.84. The van der Waals surface area contributed by atoms with Gasteiger partial charge >= 0.3 is 0 Å².